The number of nitrogens with zero attached hydrogens (tertiary/aromatic N) is 2. The Morgan fingerprint density at radius 3 is 2.28 bits per heavy atom. The number of anilines is 3. The van der Waals surface area contributed by atoms with Crippen LogP contribution in [0.4, 0.5) is 17.5 Å². The second-order valence-electron chi connectivity index (χ2n) is 6.75. The molecule has 2 N–H and O–H groups in total. The van der Waals surface area contributed by atoms with Gasteiger partial charge in [-0.2, -0.15) is 4.98 Å². The Morgan fingerprint density at radius 2 is 1.60 bits per heavy atom. The summed E-state index contributed by atoms with van der Waals surface area (Å²) in [7, 11) is 0. The lowest BCUT2D eigenvalue weighted by atomic mass is 10.1. The molecule has 2 aromatic carbocycles. The van der Waals surface area contributed by atoms with Gasteiger partial charge < -0.3 is 10.6 Å². The first-order valence-electron chi connectivity index (χ1n) is 8.72. The lowest BCUT2D eigenvalue weighted by molar-refractivity contribution is 1.09. The van der Waals surface area contributed by atoms with Gasteiger partial charge in [0.15, 0.2) is 0 Å². The van der Waals surface area contributed by atoms with E-state index in [0.29, 0.717) is 12.0 Å². The molecule has 0 saturated heterocycles. The summed E-state index contributed by atoms with van der Waals surface area (Å²) < 4.78 is 0. The average Bonchev–Trinajstić information content (AvgIpc) is 3.38. The summed E-state index contributed by atoms with van der Waals surface area (Å²) in [5.74, 6) is 1.50. The topological polar surface area (TPSA) is 49.8 Å². The number of hydrogen-bond donors (Lipinski definition) is 2. The molecular formula is C21H22N4. The van der Waals surface area contributed by atoms with Crippen LogP contribution < -0.4 is 10.6 Å². The zero-order valence-electron chi connectivity index (χ0n) is 14.6. The third-order valence-corrected chi connectivity index (χ3v) is 4.20. The van der Waals surface area contributed by atoms with Crippen molar-refractivity contribution in [3.63, 3.8) is 0 Å². The van der Waals surface area contributed by atoms with E-state index in [0.717, 1.165) is 22.8 Å². The van der Waals surface area contributed by atoms with E-state index in [-0.39, 0.29) is 0 Å². The summed E-state index contributed by atoms with van der Waals surface area (Å²) in [5.41, 5.74) is 5.47. The number of aryl methyl sites for hydroxylation is 2. The molecule has 1 aliphatic carbocycles. The first-order chi connectivity index (χ1) is 12.2. The fourth-order valence-corrected chi connectivity index (χ4v) is 2.95. The van der Waals surface area contributed by atoms with Crippen LogP contribution >= 0.6 is 0 Å². The number of hydrogen-bond acceptors (Lipinski definition) is 4. The molecule has 1 aromatic heterocycles. The second-order valence-corrected chi connectivity index (χ2v) is 6.75. The Bertz CT molecular complexity index is 865. The SMILES string of the molecule is Cc1cc(C)cc(Nc2nc(NC3CC3)cc(-c3ccccc3)n2)c1. The van der Waals surface area contributed by atoms with Gasteiger partial charge in [0.1, 0.15) is 5.82 Å². The normalized spacial score (nSPS) is 13.5. The summed E-state index contributed by atoms with van der Waals surface area (Å²) in [4.78, 5) is 9.38. The zero-order chi connectivity index (χ0) is 17.2. The minimum Gasteiger partial charge on any atom is -0.367 e. The van der Waals surface area contributed by atoms with E-state index in [1.807, 2.05) is 24.3 Å². The van der Waals surface area contributed by atoms with Crippen LogP contribution in [0.2, 0.25) is 0 Å². The van der Waals surface area contributed by atoms with Gasteiger partial charge in [-0.05, 0) is 49.9 Å². The van der Waals surface area contributed by atoms with Crippen LogP contribution in [0, 0.1) is 13.8 Å². The van der Waals surface area contributed by atoms with Gasteiger partial charge in [-0.1, -0.05) is 36.4 Å². The third kappa shape index (κ3) is 3.97. The summed E-state index contributed by atoms with van der Waals surface area (Å²) in [6.45, 7) is 4.19. The molecule has 0 atom stereocenters. The van der Waals surface area contributed by atoms with Crippen LogP contribution in [0.25, 0.3) is 11.3 Å². The van der Waals surface area contributed by atoms with Gasteiger partial charge in [0.2, 0.25) is 5.95 Å². The monoisotopic (exact) mass is 330 g/mol. The van der Waals surface area contributed by atoms with E-state index in [2.05, 4.69) is 59.8 Å². The van der Waals surface area contributed by atoms with E-state index in [9.17, 15) is 0 Å². The Balaban J connectivity index is 1.70. The molecule has 0 amide bonds. The molecule has 0 bridgehead atoms. The number of rotatable bonds is 5. The summed E-state index contributed by atoms with van der Waals surface area (Å²) in [6.07, 6.45) is 2.43. The van der Waals surface area contributed by atoms with E-state index in [4.69, 9.17) is 4.98 Å². The molecule has 0 radical (unpaired) electrons. The molecule has 0 unspecified atom stereocenters. The molecule has 25 heavy (non-hydrogen) atoms. The van der Waals surface area contributed by atoms with Gasteiger partial charge in [-0.3, -0.25) is 0 Å². The molecule has 1 heterocycles. The molecule has 4 heteroatoms. The maximum absolute atomic E-state index is 4.72. The first-order valence-corrected chi connectivity index (χ1v) is 8.72. The third-order valence-electron chi connectivity index (χ3n) is 4.20. The van der Waals surface area contributed by atoms with Crippen molar-refractivity contribution >= 4 is 17.5 Å². The van der Waals surface area contributed by atoms with Crippen LogP contribution in [0.15, 0.2) is 54.6 Å². The summed E-state index contributed by atoms with van der Waals surface area (Å²) in [6, 6.07) is 19.2. The van der Waals surface area contributed by atoms with Crippen molar-refractivity contribution in [2.45, 2.75) is 32.7 Å². The maximum atomic E-state index is 4.72. The zero-order valence-corrected chi connectivity index (χ0v) is 14.6. The van der Waals surface area contributed by atoms with Gasteiger partial charge >= 0.3 is 0 Å². The molecule has 0 spiro atoms. The van der Waals surface area contributed by atoms with Crippen molar-refractivity contribution in [1.29, 1.82) is 0 Å². The standard InChI is InChI=1S/C21H22N4/c1-14-10-15(2)12-18(11-14)23-21-24-19(16-6-4-3-5-7-16)13-20(25-21)22-17-8-9-17/h3-7,10-13,17H,8-9H2,1-2H3,(H2,22,23,24,25). The summed E-state index contributed by atoms with van der Waals surface area (Å²) in [5, 5.41) is 6.85. The highest BCUT2D eigenvalue weighted by Crippen LogP contribution is 2.28. The van der Waals surface area contributed by atoms with Gasteiger partial charge in [0.25, 0.3) is 0 Å². The predicted octanol–water partition coefficient (Wildman–Crippen LogP) is 5.08. The van der Waals surface area contributed by atoms with Gasteiger partial charge in [0, 0.05) is 23.4 Å². The minimum atomic E-state index is 0.549. The second kappa shape index (κ2) is 6.55. The highest BCUT2D eigenvalue weighted by molar-refractivity contribution is 5.66. The van der Waals surface area contributed by atoms with E-state index in [1.54, 1.807) is 0 Å². The molecule has 0 aliphatic heterocycles. The summed E-state index contributed by atoms with van der Waals surface area (Å²) >= 11 is 0. The lowest BCUT2D eigenvalue weighted by Gasteiger charge is -2.12. The smallest absolute Gasteiger partial charge is 0.229 e. The van der Waals surface area contributed by atoms with Crippen LogP contribution in [0.1, 0.15) is 24.0 Å². The molecule has 126 valence electrons. The van der Waals surface area contributed by atoms with Crippen molar-refractivity contribution in [2.24, 2.45) is 0 Å². The predicted molar refractivity (Wildman–Crippen MR) is 103 cm³/mol. The van der Waals surface area contributed by atoms with Gasteiger partial charge in [0.05, 0.1) is 5.69 Å². The number of nitrogens with one attached hydrogen (secondary N) is 2. The van der Waals surface area contributed by atoms with Crippen molar-refractivity contribution in [3.8, 4) is 11.3 Å². The largest absolute Gasteiger partial charge is 0.367 e. The van der Waals surface area contributed by atoms with Crippen molar-refractivity contribution < 1.29 is 0 Å². The molecular weight excluding hydrogens is 308 g/mol. The quantitative estimate of drug-likeness (QED) is 0.685. The van der Waals surface area contributed by atoms with Crippen molar-refractivity contribution in [1.82, 2.24) is 9.97 Å². The molecule has 1 saturated carbocycles. The highest BCUT2D eigenvalue weighted by Gasteiger charge is 2.22. The van der Waals surface area contributed by atoms with Crippen LogP contribution in [0.5, 0.6) is 0 Å². The van der Waals surface area contributed by atoms with E-state index >= 15 is 0 Å². The number of benzene rings is 2. The van der Waals surface area contributed by atoms with Crippen molar-refractivity contribution in [2.75, 3.05) is 10.6 Å². The van der Waals surface area contributed by atoms with E-state index < -0.39 is 0 Å². The Morgan fingerprint density at radius 1 is 0.880 bits per heavy atom. The Kier molecular flexibility index (Phi) is 4.10. The fraction of sp³-hybridized carbons (Fsp3) is 0.238. The van der Waals surface area contributed by atoms with Crippen LogP contribution in [-0.2, 0) is 0 Å². The van der Waals surface area contributed by atoms with Crippen LogP contribution in [-0.4, -0.2) is 16.0 Å². The average molecular weight is 330 g/mol. The number of aromatic nitrogens is 2. The fourth-order valence-electron chi connectivity index (χ4n) is 2.95. The van der Waals surface area contributed by atoms with Gasteiger partial charge in [-0.25, -0.2) is 4.98 Å². The minimum absolute atomic E-state index is 0.549. The van der Waals surface area contributed by atoms with Crippen molar-refractivity contribution in [3.05, 3.63) is 65.7 Å². The Hall–Kier alpha value is -2.88. The molecule has 1 aliphatic rings. The molecule has 4 nitrogen and oxygen atoms in total. The molecule has 1 fully saturated rings. The van der Waals surface area contributed by atoms with Crippen LogP contribution in [0.3, 0.4) is 0 Å². The molecule has 4 rings (SSSR count). The highest BCUT2D eigenvalue weighted by atomic mass is 15.2. The van der Waals surface area contributed by atoms with Gasteiger partial charge in [-0.15, -0.1) is 0 Å². The van der Waals surface area contributed by atoms with E-state index in [1.165, 1.54) is 24.0 Å². The first kappa shape index (κ1) is 15.6. The Labute approximate surface area is 148 Å². The molecule has 3 aromatic rings. The lowest BCUT2D eigenvalue weighted by Crippen LogP contribution is -2.07. The maximum Gasteiger partial charge on any atom is 0.229 e.